The Morgan fingerprint density at radius 3 is 2.66 bits per heavy atom. The highest BCUT2D eigenvalue weighted by Gasteiger charge is 2.51. The number of nitrogens with zero attached hydrogens (tertiary/aromatic N) is 2. The molecule has 0 bridgehead atoms. The average molecular weight is 533 g/mol. The maximum absolute atomic E-state index is 14.7. The summed E-state index contributed by atoms with van der Waals surface area (Å²) in [5.74, 6) is -1.15. The van der Waals surface area contributed by atoms with E-state index in [1.807, 2.05) is 6.08 Å². The predicted octanol–water partition coefficient (Wildman–Crippen LogP) is 5.61. The molecule has 1 aliphatic heterocycles. The summed E-state index contributed by atoms with van der Waals surface area (Å²) in [4.78, 5) is 18.4. The Morgan fingerprint density at radius 1 is 1.18 bits per heavy atom. The highest BCUT2D eigenvalue weighted by Crippen LogP contribution is 2.47. The number of nitrogens with one attached hydrogen (secondary N) is 2. The third-order valence-corrected chi connectivity index (χ3v) is 8.48. The summed E-state index contributed by atoms with van der Waals surface area (Å²) >= 11 is -1.83. The Labute approximate surface area is 222 Å². The monoisotopic (exact) mass is 532 g/mol. The van der Waals surface area contributed by atoms with Crippen LogP contribution in [0.25, 0.3) is 0 Å². The first kappa shape index (κ1) is 26.0. The topological polar surface area (TPSA) is 92.1 Å². The van der Waals surface area contributed by atoms with Crippen LogP contribution in [0, 0.1) is 29.4 Å². The van der Waals surface area contributed by atoms with E-state index in [1.165, 1.54) is 30.5 Å². The SMILES string of the molecule is Cc1ccc([S+]([O-])N2CCC3=CC(Nc4ccc(F)cc4)=C(C=N)CC3(C(=O)c3ccccn3)C2)c(F)c1. The van der Waals surface area contributed by atoms with Crippen LogP contribution in [0.1, 0.15) is 28.9 Å². The van der Waals surface area contributed by atoms with Crippen molar-refractivity contribution in [2.45, 2.75) is 24.7 Å². The van der Waals surface area contributed by atoms with Crippen LogP contribution in [0.4, 0.5) is 14.5 Å². The number of carbonyl (C=O) groups excluding carboxylic acids is 1. The molecule has 6 nitrogen and oxygen atoms in total. The van der Waals surface area contributed by atoms with E-state index in [4.69, 9.17) is 5.41 Å². The van der Waals surface area contributed by atoms with Crippen LogP contribution in [0.15, 0.2) is 94.7 Å². The maximum Gasteiger partial charge on any atom is 0.209 e. The van der Waals surface area contributed by atoms with Crippen LogP contribution in [0.3, 0.4) is 0 Å². The summed E-state index contributed by atoms with van der Waals surface area (Å²) in [6.07, 6.45) is 5.19. The normalized spacial score (nSPS) is 20.4. The summed E-state index contributed by atoms with van der Waals surface area (Å²) in [5.41, 5.74) is 2.54. The van der Waals surface area contributed by atoms with Crippen molar-refractivity contribution < 1.29 is 18.1 Å². The van der Waals surface area contributed by atoms with E-state index >= 15 is 0 Å². The molecule has 1 saturated heterocycles. The molecule has 2 unspecified atom stereocenters. The van der Waals surface area contributed by atoms with Crippen molar-refractivity contribution in [2.24, 2.45) is 5.41 Å². The van der Waals surface area contributed by atoms with E-state index in [2.05, 4.69) is 10.3 Å². The number of rotatable bonds is 7. The van der Waals surface area contributed by atoms with Crippen LogP contribution >= 0.6 is 0 Å². The molecule has 1 aromatic heterocycles. The number of ketones is 1. The summed E-state index contributed by atoms with van der Waals surface area (Å²) < 4.78 is 43.3. The van der Waals surface area contributed by atoms with Gasteiger partial charge in [0.1, 0.15) is 11.5 Å². The number of fused-ring (bicyclic) bond motifs is 1. The van der Waals surface area contributed by atoms with Crippen LogP contribution < -0.4 is 5.32 Å². The Morgan fingerprint density at radius 2 is 1.97 bits per heavy atom. The molecular weight excluding hydrogens is 506 g/mol. The minimum Gasteiger partial charge on any atom is -0.593 e. The van der Waals surface area contributed by atoms with Crippen molar-refractivity contribution in [1.29, 1.82) is 5.41 Å². The Balaban J connectivity index is 1.53. The van der Waals surface area contributed by atoms with Gasteiger partial charge in [0.25, 0.3) is 0 Å². The lowest BCUT2D eigenvalue weighted by atomic mass is 9.65. The summed E-state index contributed by atoms with van der Waals surface area (Å²) in [7, 11) is 0. The summed E-state index contributed by atoms with van der Waals surface area (Å²) in [6.45, 7) is 2.20. The molecule has 2 N–H and O–H groups in total. The van der Waals surface area contributed by atoms with Crippen molar-refractivity contribution in [2.75, 3.05) is 18.4 Å². The van der Waals surface area contributed by atoms with E-state index in [0.29, 0.717) is 29.9 Å². The highest BCUT2D eigenvalue weighted by molar-refractivity contribution is 7.89. The third-order valence-electron chi connectivity index (χ3n) is 6.99. The number of benzene rings is 2. The maximum atomic E-state index is 14.7. The van der Waals surface area contributed by atoms with Crippen molar-refractivity contribution in [3.8, 4) is 0 Å². The van der Waals surface area contributed by atoms with E-state index in [-0.39, 0.29) is 35.2 Å². The molecule has 3 aromatic rings. The second-order valence-corrected chi connectivity index (χ2v) is 10.9. The molecule has 1 fully saturated rings. The lowest BCUT2D eigenvalue weighted by Gasteiger charge is -2.45. The lowest BCUT2D eigenvalue weighted by Crippen LogP contribution is -2.52. The minimum atomic E-state index is -1.83. The predicted molar refractivity (Wildman–Crippen MR) is 143 cm³/mol. The van der Waals surface area contributed by atoms with Gasteiger partial charge in [0.15, 0.2) is 11.6 Å². The highest BCUT2D eigenvalue weighted by atomic mass is 32.2. The van der Waals surface area contributed by atoms with Gasteiger partial charge in [-0.25, -0.2) is 8.78 Å². The van der Waals surface area contributed by atoms with Gasteiger partial charge in [-0.1, -0.05) is 17.7 Å². The zero-order chi connectivity index (χ0) is 26.9. The number of hydrogen-bond acceptors (Lipinski definition) is 6. The zero-order valence-electron chi connectivity index (χ0n) is 20.7. The molecule has 38 heavy (non-hydrogen) atoms. The van der Waals surface area contributed by atoms with Gasteiger partial charge in [-0.05, 0) is 85.5 Å². The number of aromatic nitrogens is 1. The van der Waals surface area contributed by atoms with Gasteiger partial charge < -0.3 is 15.3 Å². The van der Waals surface area contributed by atoms with Crippen LogP contribution in [0.5, 0.6) is 0 Å². The molecule has 2 atom stereocenters. The smallest absolute Gasteiger partial charge is 0.209 e. The standard InChI is InChI=1S/C29H26F2N4O2S/c1-19-5-10-27(24(31)14-19)38(37)35-13-11-21-15-26(34-23-8-6-22(30)7-9-23)20(17-32)16-29(21,18-35)28(36)25-4-2-3-12-33-25/h2-10,12,14-15,17,32,34H,11,13,16,18H2,1H3. The third kappa shape index (κ3) is 4.92. The Bertz CT molecular complexity index is 1440. The van der Waals surface area contributed by atoms with Gasteiger partial charge in [0, 0.05) is 30.3 Å². The molecule has 9 heteroatoms. The van der Waals surface area contributed by atoms with E-state index in [0.717, 1.165) is 11.1 Å². The fraction of sp³-hybridized carbons (Fsp3) is 0.207. The van der Waals surface area contributed by atoms with Crippen molar-refractivity contribution in [1.82, 2.24) is 9.29 Å². The van der Waals surface area contributed by atoms with Gasteiger partial charge in [0.05, 0.1) is 23.3 Å². The van der Waals surface area contributed by atoms with Gasteiger partial charge in [-0.2, -0.15) is 0 Å². The molecule has 1 aliphatic carbocycles. The number of Topliss-reactive ketones (excluding diaryl/α,β-unsaturated/α-hetero) is 1. The number of aryl methyl sites for hydroxylation is 1. The lowest BCUT2D eigenvalue weighted by molar-refractivity contribution is 0.0769. The van der Waals surface area contributed by atoms with Crippen molar-refractivity contribution in [3.05, 3.63) is 113 Å². The Hall–Kier alpha value is -3.66. The zero-order valence-corrected chi connectivity index (χ0v) is 21.5. The Kier molecular flexibility index (Phi) is 7.25. The minimum absolute atomic E-state index is 0.0701. The molecule has 0 saturated carbocycles. The van der Waals surface area contributed by atoms with Gasteiger partial charge >= 0.3 is 0 Å². The fourth-order valence-corrected chi connectivity index (χ4v) is 6.32. The second kappa shape index (κ2) is 10.6. The van der Waals surface area contributed by atoms with E-state index < -0.39 is 22.6 Å². The quantitative estimate of drug-likeness (QED) is 0.234. The van der Waals surface area contributed by atoms with E-state index in [9.17, 15) is 18.1 Å². The number of pyridine rings is 1. The number of carbonyl (C=O) groups is 1. The molecule has 2 aliphatic rings. The van der Waals surface area contributed by atoms with Gasteiger partial charge in [-0.3, -0.25) is 9.78 Å². The molecule has 194 valence electrons. The van der Waals surface area contributed by atoms with Crippen molar-refractivity contribution >= 4 is 29.0 Å². The fourth-order valence-electron chi connectivity index (χ4n) is 5.04. The van der Waals surface area contributed by atoms with Crippen LogP contribution in [0.2, 0.25) is 0 Å². The molecule has 2 heterocycles. The largest absolute Gasteiger partial charge is 0.593 e. The van der Waals surface area contributed by atoms with Crippen molar-refractivity contribution in [3.63, 3.8) is 0 Å². The first-order valence-corrected chi connectivity index (χ1v) is 13.3. The summed E-state index contributed by atoms with van der Waals surface area (Å²) in [6, 6.07) is 15.6. The number of piperidine rings is 1. The number of halogens is 2. The van der Waals surface area contributed by atoms with E-state index in [1.54, 1.807) is 53.8 Å². The molecule has 5 rings (SSSR count). The van der Waals surface area contributed by atoms with Gasteiger partial charge in [-0.15, -0.1) is 4.31 Å². The second-order valence-electron chi connectivity index (χ2n) is 9.48. The summed E-state index contributed by atoms with van der Waals surface area (Å²) in [5, 5.41) is 11.4. The average Bonchev–Trinajstić information content (AvgIpc) is 2.93. The number of hydrogen-bond donors (Lipinski definition) is 2. The molecule has 0 amide bonds. The first-order valence-electron chi connectivity index (χ1n) is 12.2. The first-order chi connectivity index (χ1) is 18.3. The van der Waals surface area contributed by atoms with Crippen LogP contribution in [-0.4, -0.2) is 38.9 Å². The molecule has 0 radical (unpaired) electrons. The molecule has 0 spiro atoms. The molecular formula is C29H26F2N4O2S. The number of allylic oxidation sites excluding steroid dienone is 2. The number of anilines is 1. The van der Waals surface area contributed by atoms with Gasteiger partial charge in [0.2, 0.25) is 4.90 Å². The molecule has 2 aromatic carbocycles. The van der Waals surface area contributed by atoms with Crippen LogP contribution in [-0.2, 0) is 11.4 Å².